The van der Waals surface area contributed by atoms with E-state index >= 15 is 0 Å². The molecule has 0 aliphatic carbocycles. The molecule has 0 saturated carbocycles. The molecule has 2 aliphatic rings. The van der Waals surface area contributed by atoms with Crippen LogP contribution >= 0.6 is 11.6 Å². The number of rotatable bonds is 4. The first-order valence-corrected chi connectivity index (χ1v) is 9.39. The van der Waals surface area contributed by atoms with Gasteiger partial charge in [-0.1, -0.05) is 11.6 Å². The van der Waals surface area contributed by atoms with Gasteiger partial charge in [-0.3, -0.25) is 9.59 Å². The average molecular weight is 400 g/mol. The van der Waals surface area contributed by atoms with Gasteiger partial charge < -0.3 is 10.0 Å². The van der Waals surface area contributed by atoms with Crippen LogP contribution in [-0.2, 0) is 19.4 Å². The minimum Gasteiger partial charge on any atom is -0.480 e. The average Bonchev–Trinajstić information content (AvgIpc) is 2.70. The van der Waals surface area contributed by atoms with Gasteiger partial charge in [-0.25, -0.2) is 18.6 Å². The quantitative estimate of drug-likeness (QED) is 0.423. The maximum absolute atomic E-state index is 12.6. The van der Waals surface area contributed by atoms with E-state index in [1.165, 1.54) is 31.2 Å². The molecule has 2 aliphatic heterocycles. The van der Waals surface area contributed by atoms with Gasteiger partial charge in [0, 0.05) is 16.8 Å². The van der Waals surface area contributed by atoms with Crippen molar-refractivity contribution in [1.29, 1.82) is 0 Å². The Morgan fingerprint density at radius 2 is 2.00 bits per heavy atom. The van der Waals surface area contributed by atoms with Crippen LogP contribution in [0.5, 0.6) is 0 Å². The number of benzene rings is 1. The number of carbonyl (C=O) groups excluding carboxylic acids is 2. The Hall–Kier alpha value is -2.46. The molecule has 11 heteroatoms. The molecule has 2 fully saturated rings. The highest BCUT2D eigenvalue weighted by Crippen LogP contribution is 2.45. The second-order valence-corrected chi connectivity index (χ2v) is 9.09. The molecule has 1 aromatic rings. The predicted octanol–water partition coefficient (Wildman–Crippen LogP) is 0.254. The van der Waals surface area contributed by atoms with Crippen LogP contribution in [0.1, 0.15) is 23.7 Å². The van der Waals surface area contributed by atoms with Crippen molar-refractivity contribution in [1.82, 2.24) is 10.3 Å². The lowest BCUT2D eigenvalue weighted by Crippen LogP contribution is -2.57. The van der Waals surface area contributed by atoms with E-state index in [1.54, 1.807) is 0 Å². The number of hydrogen-bond donors (Lipinski definition) is 2. The van der Waals surface area contributed by atoms with Crippen molar-refractivity contribution in [2.75, 3.05) is 0 Å². The fraction of sp³-hybridized carbons (Fsp3) is 0.333. The van der Waals surface area contributed by atoms with Crippen LogP contribution in [0, 0.1) is 0 Å². The normalized spacial score (nSPS) is 29.3. The molecule has 0 aromatic heterocycles. The molecule has 2 N–H and O–H groups in total. The highest BCUT2D eigenvalue weighted by molar-refractivity contribution is 7.94. The highest BCUT2D eigenvalue weighted by Gasteiger charge is 2.69. The number of hydrazone groups is 1. The zero-order chi connectivity index (χ0) is 19.3. The maximum atomic E-state index is 12.6. The lowest BCUT2D eigenvalue weighted by Gasteiger charge is -2.35. The molecule has 9 nitrogen and oxygen atoms in total. The molecule has 0 radical (unpaired) electrons. The van der Waals surface area contributed by atoms with Gasteiger partial charge in [-0.2, -0.15) is 5.10 Å². The zero-order valence-corrected chi connectivity index (χ0v) is 15.0. The summed E-state index contributed by atoms with van der Waals surface area (Å²) in [5.41, 5.74) is 2.39. The van der Waals surface area contributed by atoms with Crippen molar-refractivity contribution in [2.45, 2.75) is 29.5 Å². The summed E-state index contributed by atoms with van der Waals surface area (Å²) in [6.07, 6.45) is 0.604. The molecule has 2 saturated heterocycles. The minimum absolute atomic E-state index is 0.236. The number of sulfone groups is 1. The minimum atomic E-state index is -4.02. The summed E-state index contributed by atoms with van der Waals surface area (Å²) in [5, 5.41) is 12.3. The van der Waals surface area contributed by atoms with Crippen LogP contribution in [0.3, 0.4) is 0 Å². The number of carbonyl (C=O) groups is 3. The number of fused-ring (bicyclic) bond motifs is 1. The summed E-state index contributed by atoms with van der Waals surface area (Å²) >= 11 is 5.73. The van der Waals surface area contributed by atoms with E-state index in [0.717, 1.165) is 11.1 Å². The van der Waals surface area contributed by atoms with Crippen LogP contribution < -0.4 is 5.43 Å². The molecule has 2 amide bonds. The van der Waals surface area contributed by atoms with Crippen LogP contribution in [-0.4, -0.2) is 58.6 Å². The van der Waals surface area contributed by atoms with Gasteiger partial charge in [0.2, 0.25) is 5.91 Å². The van der Waals surface area contributed by atoms with E-state index in [0.29, 0.717) is 5.02 Å². The number of nitrogens with one attached hydrogen (secondary N) is 1. The number of amides is 2. The number of carboxylic acid groups (broad SMARTS) is 1. The SMILES string of the molecule is C[C@]1(/C=N/NC(=O)c2ccc(Cl)cc2)[C@H](C(=O)O)N2C(=O)C[C@H]2S1(=O)=O. The fourth-order valence-corrected chi connectivity index (χ4v) is 5.43. The topological polar surface area (TPSA) is 133 Å². The molecule has 3 atom stereocenters. The van der Waals surface area contributed by atoms with Gasteiger partial charge in [-0.05, 0) is 31.2 Å². The second-order valence-electron chi connectivity index (χ2n) is 6.14. The molecule has 0 unspecified atom stereocenters. The third-order valence-corrected chi connectivity index (χ3v) is 7.48. The first-order valence-electron chi connectivity index (χ1n) is 7.47. The molecule has 138 valence electrons. The Morgan fingerprint density at radius 1 is 1.38 bits per heavy atom. The van der Waals surface area contributed by atoms with E-state index in [1.807, 2.05) is 0 Å². The van der Waals surface area contributed by atoms with Gasteiger partial charge in [0.05, 0.1) is 6.42 Å². The molecular formula is C15H14ClN3O6S. The Bertz CT molecular complexity index is 929. The monoisotopic (exact) mass is 399 g/mol. The number of hydrogen-bond acceptors (Lipinski definition) is 6. The molecule has 26 heavy (non-hydrogen) atoms. The summed E-state index contributed by atoms with van der Waals surface area (Å²) in [7, 11) is -4.02. The Balaban J connectivity index is 1.85. The summed E-state index contributed by atoms with van der Waals surface area (Å²) in [4.78, 5) is 36.1. The summed E-state index contributed by atoms with van der Waals surface area (Å²) < 4.78 is 23.3. The van der Waals surface area contributed by atoms with E-state index < -0.39 is 43.8 Å². The molecule has 0 spiro atoms. The van der Waals surface area contributed by atoms with Crippen molar-refractivity contribution in [3.63, 3.8) is 0 Å². The van der Waals surface area contributed by atoms with Gasteiger partial charge >= 0.3 is 5.97 Å². The number of β-lactam (4-membered cyclic amide) rings is 1. The van der Waals surface area contributed by atoms with Crippen molar-refractivity contribution in [3.05, 3.63) is 34.9 Å². The van der Waals surface area contributed by atoms with E-state index in [4.69, 9.17) is 11.6 Å². The lowest BCUT2D eigenvalue weighted by atomic mass is 9.97. The van der Waals surface area contributed by atoms with E-state index in [9.17, 15) is 27.9 Å². The van der Waals surface area contributed by atoms with Crippen LogP contribution in [0.25, 0.3) is 0 Å². The molecule has 1 aromatic carbocycles. The van der Waals surface area contributed by atoms with Crippen molar-refractivity contribution in [2.24, 2.45) is 5.10 Å². The Morgan fingerprint density at radius 3 is 2.54 bits per heavy atom. The summed E-state index contributed by atoms with van der Waals surface area (Å²) in [6.45, 7) is 1.17. The highest BCUT2D eigenvalue weighted by atomic mass is 35.5. The maximum Gasteiger partial charge on any atom is 0.328 e. The lowest BCUT2D eigenvalue weighted by molar-refractivity contribution is -0.156. The summed E-state index contributed by atoms with van der Waals surface area (Å²) in [5.74, 6) is -2.63. The molecule has 2 heterocycles. The van der Waals surface area contributed by atoms with Crippen molar-refractivity contribution < 1.29 is 27.9 Å². The van der Waals surface area contributed by atoms with E-state index in [2.05, 4.69) is 10.5 Å². The third kappa shape index (κ3) is 2.56. The van der Waals surface area contributed by atoms with Crippen molar-refractivity contribution in [3.8, 4) is 0 Å². The zero-order valence-electron chi connectivity index (χ0n) is 13.4. The van der Waals surface area contributed by atoms with Crippen LogP contribution in [0.15, 0.2) is 29.4 Å². The van der Waals surface area contributed by atoms with Gasteiger partial charge in [0.25, 0.3) is 5.91 Å². The predicted molar refractivity (Wildman–Crippen MR) is 91.4 cm³/mol. The first-order chi connectivity index (χ1) is 12.1. The number of nitrogens with zero attached hydrogens (tertiary/aromatic N) is 2. The standard InChI is InChI=1S/C15H14ClN3O6S/c1-15(7-17-18-13(21)8-2-4-9(16)5-3-8)12(14(22)23)19-10(20)6-11(19)26(15,24)25/h2-5,7,11-12H,6H2,1H3,(H,18,21)(H,22,23)/b17-7+/t11-,12+,15+/m1/s1. The number of halogens is 1. The number of aliphatic carboxylic acids is 1. The molecule has 3 rings (SSSR count). The van der Waals surface area contributed by atoms with Gasteiger partial charge in [-0.15, -0.1) is 0 Å². The van der Waals surface area contributed by atoms with Crippen LogP contribution in [0.2, 0.25) is 5.02 Å². The first kappa shape index (κ1) is 18.3. The van der Waals surface area contributed by atoms with Gasteiger partial charge in [0.1, 0.15) is 10.1 Å². The Labute approximate surface area is 153 Å². The third-order valence-electron chi connectivity index (χ3n) is 4.57. The second kappa shape index (κ2) is 6.06. The van der Waals surface area contributed by atoms with Gasteiger partial charge in [0.15, 0.2) is 15.9 Å². The smallest absolute Gasteiger partial charge is 0.328 e. The van der Waals surface area contributed by atoms with Crippen LogP contribution in [0.4, 0.5) is 0 Å². The molecular weight excluding hydrogens is 386 g/mol. The van der Waals surface area contributed by atoms with Crippen molar-refractivity contribution >= 4 is 45.4 Å². The summed E-state index contributed by atoms with van der Waals surface area (Å²) in [6, 6.07) is 4.30. The molecule has 0 bridgehead atoms. The Kier molecular flexibility index (Phi) is 4.27. The largest absolute Gasteiger partial charge is 0.480 e. The van der Waals surface area contributed by atoms with E-state index in [-0.39, 0.29) is 12.0 Å². The fourth-order valence-electron chi connectivity index (χ4n) is 3.09. The number of carboxylic acids is 1.